The maximum absolute atomic E-state index is 12.8. The first kappa shape index (κ1) is 16.0. The third-order valence-electron chi connectivity index (χ3n) is 3.66. The second-order valence-electron chi connectivity index (χ2n) is 5.18. The molecule has 0 unspecified atom stereocenters. The second kappa shape index (κ2) is 6.17. The minimum Gasteiger partial charge on any atom is -0.354 e. The Balaban J connectivity index is 2.35. The van der Waals surface area contributed by atoms with Crippen LogP contribution >= 0.6 is 0 Å². The van der Waals surface area contributed by atoms with Crippen molar-refractivity contribution in [2.24, 2.45) is 7.05 Å². The molecule has 0 aromatic carbocycles. The van der Waals surface area contributed by atoms with Crippen molar-refractivity contribution in [2.75, 3.05) is 26.7 Å². The summed E-state index contributed by atoms with van der Waals surface area (Å²) < 4.78 is 28.6. The van der Waals surface area contributed by atoms with E-state index in [0.717, 1.165) is 6.42 Å². The molecule has 0 radical (unpaired) electrons. The predicted molar refractivity (Wildman–Crippen MR) is 79.6 cm³/mol. The lowest BCUT2D eigenvalue weighted by Crippen LogP contribution is -2.58. The van der Waals surface area contributed by atoms with Crippen molar-refractivity contribution < 1.29 is 13.2 Å². The summed E-state index contributed by atoms with van der Waals surface area (Å²) in [7, 11) is -0.388. The molecule has 2 heterocycles. The summed E-state index contributed by atoms with van der Waals surface area (Å²) in [6.07, 6.45) is 2.25. The first-order valence-electron chi connectivity index (χ1n) is 7.02. The van der Waals surface area contributed by atoms with E-state index < -0.39 is 10.0 Å². The molecule has 0 aliphatic carbocycles. The van der Waals surface area contributed by atoms with Crippen molar-refractivity contribution in [1.82, 2.24) is 19.5 Å². The van der Waals surface area contributed by atoms with Gasteiger partial charge in [0.15, 0.2) is 0 Å². The zero-order valence-electron chi connectivity index (χ0n) is 12.6. The van der Waals surface area contributed by atoms with Crippen molar-refractivity contribution in [3.05, 3.63) is 18.0 Å². The van der Waals surface area contributed by atoms with E-state index in [4.69, 9.17) is 0 Å². The number of nitrogens with one attached hydrogen (secondary N) is 2. The van der Waals surface area contributed by atoms with Crippen LogP contribution in [0.3, 0.4) is 0 Å². The fourth-order valence-corrected chi connectivity index (χ4v) is 4.15. The largest absolute Gasteiger partial charge is 0.354 e. The van der Waals surface area contributed by atoms with E-state index >= 15 is 0 Å². The van der Waals surface area contributed by atoms with Gasteiger partial charge in [0.25, 0.3) is 5.91 Å². The molecule has 1 fully saturated rings. The Morgan fingerprint density at radius 3 is 2.67 bits per heavy atom. The van der Waals surface area contributed by atoms with Crippen molar-refractivity contribution >= 4 is 15.9 Å². The first-order valence-corrected chi connectivity index (χ1v) is 8.46. The zero-order chi connectivity index (χ0) is 15.6. The van der Waals surface area contributed by atoms with E-state index in [2.05, 4.69) is 10.6 Å². The molecule has 0 atom stereocenters. The molecule has 1 aromatic rings. The smallest absolute Gasteiger partial charge is 0.267 e. The van der Waals surface area contributed by atoms with Crippen LogP contribution in [0.15, 0.2) is 17.2 Å². The van der Waals surface area contributed by atoms with Gasteiger partial charge in [0.2, 0.25) is 10.0 Å². The summed E-state index contributed by atoms with van der Waals surface area (Å²) in [6, 6.07) is 1.43. The molecule has 2 N–H and O–H groups in total. The van der Waals surface area contributed by atoms with Crippen LogP contribution in [-0.4, -0.2) is 55.9 Å². The summed E-state index contributed by atoms with van der Waals surface area (Å²) in [4.78, 5) is 11.9. The lowest BCUT2D eigenvalue weighted by molar-refractivity contribution is 0.0955. The van der Waals surface area contributed by atoms with Gasteiger partial charge in [-0.15, -0.1) is 0 Å². The molecule has 118 valence electrons. The highest BCUT2D eigenvalue weighted by molar-refractivity contribution is 7.89. The van der Waals surface area contributed by atoms with E-state index in [1.807, 2.05) is 6.92 Å². The van der Waals surface area contributed by atoms with Crippen LogP contribution in [0.4, 0.5) is 0 Å². The number of rotatable bonds is 6. The Morgan fingerprint density at radius 2 is 2.19 bits per heavy atom. The van der Waals surface area contributed by atoms with Gasteiger partial charge in [-0.05, 0) is 12.5 Å². The topological polar surface area (TPSA) is 83.4 Å². The van der Waals surface area contributed by atoms with Crippen LogP contribution < -0.4 is 10.6 Å². The standard InChI is InChI=1S/C13H22N4O3S/c1-4-5-17(10-7-15-8-10)21(19,20)11-6-12(13(18)14-2)16(3)9-11/h6,9-10,15H,4-5,7-8H2,1-3H3,(H,14,18). The van der Waals surface area contributed by atoms with E-state index in [1.165, 1.54) is 28.2 Å². The molecule has 2 rings (SSSR count). The van der Waals surface area contributed by atoms with Gasteiger partial charge in [-0.25, -0.2) is 8.42 Å². The highest BCUT2D eigenvalue weighted by Crippen LogP contribution is 2.22. The Bertz CT molecular complexity index is 619. The number of hydrogen-bond acceptors (Lipinski definition) is 4. The van der Waals surface area contributed by atoms with Crippen LogP contribution in [0, 0.1) is 0 Å². The molecular formula is C13H22N4O3S. The summed E-state index contributed by atoms with van der Waals surface area (Å²) >= 11 is 0. The van der Waals surface area contributed by atoms with Crippen molar-refractivity contribution in [3.63, 3.8) is 0 Å². The van der Waals surface area contributed by atoms with Crippen LogP contribution in [-0.2, 0) is 17.1 Å². The summed E-state index contributed by atoms with van der Waals surface area (Å²) in [5.41, 5.74) is 0.333. The van der Waals surface area contributed by atoms with E-state index in [1.54, 1.807) is 7.05 Å². The number of carbonyl (C=O) groups excluding carboxylic acids is 1. The first-order chi connectivity index (χ1) is 9.91. The lowest BCUT2D eigenvalue weighted by atomic mass is 10.2. The summed E-state index contributed by atoms with van der Waals surface area (Å²) in [5.74, 6) is -0.300. The van der Waals surface area contributed by atoms with Crippen molar-refractivity contribution in [2.45, 2.75) is 24.3 Å². The Labute approximate surface area is 125 Å². The molecule has 1 aliphatic heterocycles. The summed E-state index contributed by atoms with van der Waals surface area (Å²) in [6.45, 7) is 3.79. The van der Waals surface area contributed by atoms with Gasteiger partial charge in [-0.2, -0.15) is 4.31 Å². The molecule has 7 nitrogen and oxygen atoms in total. The average Bonchev–Trinajstić information content (AvgIpc) is 2.78. The van der Waals surface area contributed by atoms with Gasteiger partial charge >= 0.3 is 0 Å². The van der Waals surface area contributed by atoms with Crippen molar-refractivity contribution in [1.29, 1.82) is 0 Å². The molecule has 1 amide bonds. The molecule has 1 aliphatic rings. The summed E-state index contributed by atoms with van der Waals surface area (Å²) in [5, 5.41) is 5.60. The van der Waals surface area contributed by atoms with Crippen LogP contribution in [0.25, 0.3) is 0 Å². The fraction of sp³-hybridized carbons (Fsp3) is 0.615. The minimum atomic E-state index is -3.57. The molecule has 0 spiro atoms. The van der Waals surface area contributed by atoms with Gasteiger partial charge in [0.1, 0.15) is 10.6 Å². The van der Waals surface area contributed by atoms with Crippen LogP contribution in [0.5, 0.6) is 0 Å². The molecule has 1 saturated heterocycles. The number of carbonyl (C=O) groups is 1. The monoisotopic (exact) mass is 314 g/mol. The fourth-order valence-electron chi connectivity index (χ4n) is 2.36. The molecule has 21 heavy (non-hydrogen) atoms. The predicted octanol–water partition coefficient (Wildman–Crippen LogP) is -0.243. The average molecular weight is 314 g/mol. The SMILES string of the molecule is CCCN(C1CNC1)S(=O)(=O)c1cc(C(=O)NC)n(C)c1. The van der Waals surface area contributed by atoms with Crippen molar-refractivity contribution in [3.8, 4) is 0 Å². The second-order valence-corrected chi connectivity index (χ2v) is 7.07. The quantitative estimate of drug-likeness (QED) is 0.759. The molecule has 8 heteroatoms. The number of hydrogen-bond donors (Lipinski definition) is 2. The maximum atomic E-state index is 12.8. The van der Waals surface area contributed by atoms with Gasteiger partial charge in [0, 0.05) is 39.9 Å². The number of amides is 1. The normalized spacial score (nSPS) is 16.0. The number of aryl methyl sites for hydroxylation is 1. The number of sulfonamides is 1. The third-order valence-corrected chi connectivity index (χ3v) is 5.57. The Morgan fingerprint density at radius 1 is 1.52 bits per heavy atom. The molecule has 0 bridgehead atoms. The van der Waals surface area contributed by atoms with E-state index in [-0.39, 0.29) is 16.8 Å². The molecule has 1 aromatic heterocycles. The van der Waals surface area contributed by atoms with Crippen LogP contribution in [0.2, 0.25) is 0 Å². The number of nitrogens with zero attached hydrogens (tertiary/aromatic N) is 2. The van der Waals surface area contributed by atoms with Gasteiger partial charge in [-0.3, -0.25) is 4.79 Å². The number of aromatic nitrogens is 1. The Hall–Kier alpha value is -1.38. The van der Waals surface area contributed by atoms with Gasteiger partial charge < -0.3 is 15.2 Å². The molecule has 0 saturated carbocycles. The zero-order valence-corrected chi connectivity index (χ0v) is 13.4. The highest BCUT2D eigenvalue weighted by atomic mass is 32.2. The highest BCUT2D eigenvalue weighted by Gasteiger charge is 2.35. The van der Waals surface area contributed by atoms with E-state index in [0.29, 0.717) is 25.3 Å². The van der Waals surface area contributed by atoms with Gasteiger partial charge in [0.05, 0.1) is 6.04 Å². The maximum Gasteiger partial charge on any atom is 0.267 e. The van der Waals surface area contributed by atoms with E-state index in [9.17, 15) is 13.2 Å². The van der Waals surface area contributed by atoms with Crippen LogP contribution in [0.1, 0.15) is 23.8 Å². The lowest BCUT2D eigenvalue weighted by Gasteiger charge is -2.36. The Kier molecular flexibility index (Phi) is 4.70. The van der Waals surface area contributed by atoms with Gasteiger partial charge in [-0.1, -0.05) is 6.92 Å². The third kappa shape index (κ3) is 2.97. The minimum absolute atomic E-state index is 0.00129. The molecular weight excluding hydrogens is 292 g/mol.